The molecule has 0 bridgehead atoms. The molecule has 0 aromatic heterocycles. The molecule has 1 fully saturated rings. The fourth-order valence-electron chi connectivity index (χ4n) is 2.28. The van der Waals surface area contributed by atoms with Gasteiger partial charge in [-0.3, -0.25) is 9.69 Å². The van der Waals surface area contributed by atoms with Crippen molar-refractivity contribution in [3.05, 3.63) is 0 Å². The molecule has 0 radical (unpaired) electrons. The average molecular weight is 229 g/mol. The summed E-state index contributed by atoms with van der Waals surface area (Å²) < 4.78 is 5.76. The third kappa shape index (κ3) is 4.10. The van der Waals surface area contributed by atoms with E-state index in [1.54, 1.807) is 0 Å². The van der Waals surface area contributed by atoms with Crippen LogP contribution in [0.2, 0.25) is 0 Å². The van der Waals surface area contributed by atoms with Gasteiger partial charge in [0.2, 0.25) is 0 Å². The van der Waals surface area contributed by atoms with E-state index in [2.05, 4.69) is 18.7 Å². The maximum Gasteiger partial charge on any atom is 0.304 e. The van der Waals surface area contributed by atoms with E-state index in [9.17, 15) is 4.79 Å². The normalized spacial score (nSPS) is 27.2. The van der Waals surface area contributed by atoms with Crippen molar-refractivity contribution in [3.63, 3.8) is 0 Å². The van der Waals surface area contributed by atoms with E-state index in [0.717, 1.165) is 25.9 Å². The Balaban J connectivity index is 2.38. The van der Waals surface area contributed by atoms with Crippen molar-refractivity contribution in [2.24, 2.45) is 0 Å². The van der Waals surface area contributed by atoms with Gasteiger partial charge in [0.1, 0.15) is 0 Å². The highest BCUT2D eigenvalue weighted by atomic mass is 16.5. The van der Waals surface area contributed by atoms with Gasteiger partial charge in [-0.15, -0.1) is 0 Å². The number of rotatable bonds is 6. The number of aliphatic carboxylic acids is 1. The molecule has 1 aliphatic heterocycles. The Morgan fingerprint density at radius 3 is 2.69 bits per heavy atom. The molecule has 0 amide bonds. The highest BCUT2D eigenvalue weighted by Crippen LogP contribution is 2.20. The number of hydrogen-bond donors (Lipinski definition) is 1. The maximum atomic E-state index is 10.7. The van der Waals surface area contributed by atoms with Crippen LogP contribution in [0.25, 0.3) is 0 Å². The minimum atomic E-state index is -0.730. The summed E-state index contributed by atoms with van der Waals surface area (Å²) in [6.07, 6.45) is 3.06. The number of hydrogen-bond acceptors (Lipinski definition) is 3. The lowest BCUT2D eigenvalue weighted by Crippen LogP contribution is -2.40. The van der Waals surface area contributed by atoms with Gasteiger partial charge in [0.05, 0.1) is 18.6 Å². The molecule has 0 spiro atoms. The molecule has 1 rings (SSSR count). The Kier molecular flexibility index (Phi) is 5.22. The number of likely N-dealkylation sites (N-methyl/N-ethyl adjacent to an activating group) is 1. The number of carbonyl (C=O) groups is 1. The van der Waals surface area contributed by atoms with Gasteiger partial charge in [-0.05, 0) is 33.2 Å². The van der Waals surface area contributed by atoms with E-state index in [0.29, 0.717) is 6.10 Å². The highest BCUT2D eigenvalue weighted by molar-refractivity contribution is 5.67. The summed E-state index contributed by atoms with van der Waals surface area (Å²) in [6, 6.07) is 0.0852. The Morgan fingerprint density at radius 1 is 1.56 bits per heavy atom. The standard InChI is InChI=1S/C12H23NO3/c1-4-13(9(2)7-12(14)15)8-11-6-5-10(3)16-11/h9-11H,4-8H2,1-3H3,(H,14,15). The first-order valence-corrected chi connectivity index (χ1v) is 6.14. The van der Waals surface area contributed by atoms with E-state index in [1.165, 1.54) is 0 Å². The Hall–Kier alpha value is -0.610. The zero-order valence-electron chi connectivity index (χ0n) is 10.5. The molecule has 0 saturated carbocycles. The molecule has 0 aromatic rings. The molecule has 1 heterocycles. The molecule has 94 valence electrons. The van der Waals surface area contributed by atoms with Crippen LogP contribution in [0.3, 0.4) is 0 Å². The molecule has 1 saturated heterocycles. The summed E-state index contributed by atoms with van der Waals surface area (Å²) in [5, 5.41) is 8.77. The Bertz CT molecular complexity index is 232. The van der Waals surface area contributed by atoms with Gasteiger partial charge >= 0.3 is 5.97 Å². The van der Waals surface area contributed by atoms with Crippen LogP contribution in [0.4, 0.5) is 0 Å². The van der Waals surface area contributed by atoms with E-state index in [4.69, 9.17) is 9.84 Å². The summed E-state index contributed by atoms with van der Waals surface area (Å²) >= 11 is 0. The van der Waals surface area contributed by atoms with Crippen LogP contribution < -0.4 is 0 Å². The predicted molar refractivity (Wildman–Crippen MR) is 62.5 cm³/mol. The van der Waals surface area contributed by atoms with Gasteiger partial charge in [0.25, 0.3) is 0 Å². The number of carboxylic acids is 1. The third-order valence-electron chi connectivity index (χ3n) is 3.26. The second-order valence-electron chi connectivity index (χ2n) is 4.68. The molecule has 4 nitrogen and oxygen atoms in total. The van der Waals surface area contributed by atoms with E-state index < -0.39 is 5.97 Å². The van der Waals surface area contributed by atoms with Gasteiger partial charge in [-0.1, -0.05) is 6.92 Å². The molecule has 1 aliphatic rings. The van der Waals surface area contributed by atoms with Crippen LogP contribution in [0.5, 0.6) is 0 Å². The average Bonchev–Trinajstić information content (AvgIpc) is 2.59. The first-order valence-electron chi connectivity index (χ1n) is 6.14. The fraction of sp³-hybridized carbons (Fsp3) is 0.917. The van der Waals surface area contributed by atoms with Crippen LogP contribution in [0, 0.1) is 0 Å². The molecular formula is C12H23NO3. The SMILES string of the molecule is CCN(CC1CCC(C)O1)C(C)CC(=O)O. The number of ether oxygens (including phenoxy) is 1. The molecule has 3 unspecified atom stereocenters. The van der Waals surface area contributed by atoms with Crippen molar-refractivity contribution >= 4 is 5.97 Å². The monoisotopic (exact) mass is 229 g/mol. The molecule has 16 heavy (non-hydrogen) atoms. The molecule has 3 atom stereocenters. The topological polar surface area (TPSA) is 49.8 Å². The summed E-state index contributed by atoms with van der Waals surface area (Å²) in [7, 11) is 0. The van der Waals surface area contributed by atoms with Crippen LogP contribution in [0.1, 0.15) is 40.0 Å². The first kappa shape index (κ1) is 13.5. The third-order valence-corrected chi connectivity index (χ3v) is 3.26. The molecular weight excluding hydrogens is 206 g/mol. The van der Waals surface area contributed by atoms with Crippen molar-refractivity contribution in [1.82, 2.24) is 4.90 Å². The maximum absolute atomic E-state index is 10.7. The Labute approximate surface area is 97.6 Å². The molecule has 4 heteroatoms. The summed E-state index contributed by atoms with van der Waals surface area (Å²) in [4.78, 5) is 12.9. The largest absolute Gasteiger partial charge is 0.481 e. The van der Waals surface area contributed by atoms with Gasteiger partial charge in [-0.25, -0.2) is 0 Å². The summed E-state index contributed by atoms with van der Waals surface area (Å²) in [5.41, 5.74) is 0. The van der Waals surface area contributed by atoms with Gasteiger partial charge < -0.3 is 9.84 Å². The smallest absolute Gasteiger partial charge is 0.304 e. The summed E-state index contributed by atoms with van der Waals surface area (Å²) in [5.74, 6) is -0.730. The van der Waals surface area contributed by atoms with Gasteiger partial charge in [0, 0.05) is 12.6 Å². The minimum Gasteiger partial charge on any atom is -0.481 e. The van der Waals surface area contributed by atoms with E-state index >= 15 is 0 Å². The summed E-state index contributed by atoms with van der Waals surface area (Å²) in [6.45, 7) is 7.86. The van der Waals surface area contributed by atoms with Gasteiger partial charge in [0.15, 0.2) is 0 Å². The Morgan fingerprint density at radius 2 is 2.25 bits per heavy atom. The molecule has 0 aliphatic carbocycles. The van der Waals surface area contributed by atoms with E-state index in [1.807, 2.05) is 6.92 Å². The van der Waals surface area contributed by atoms with Crippen LogP contribution >= 0.6 is 0 Å². The van der Waals surface area contributed by atoms with E-state index in [-0.39, 0.29) is 18.6 Å². The van der Waals surface area contributed by atoms with Crippen LogP contribution in [-0.4, -0.2) is 47.3 Å². The predicted octanol–water partition coefficient (Wildman–Crippen LogP) is 1.74. The second-order valence-corrected chi connectivity index (χ2v) is 4.68. The van der Waals surface area contributed by atoms with Crippen molar-refractivity contribution in [2.45, 2.75) is 58.3 Å². The van der Waals surface area contributed by atoms with Crippen molar-refractivity contribution < 1.29 is 14.6 Å². The zero-order chi connectivity index (χ0) is 12.1. The molecule has 0 aromatic carbocycles. The second kappa shape index (κ2) is 6.21. The number of nitrogens with zero attached hydrogens (tertiary/aromatic N) is 1. The molecule has 1 N–H and O–H groups in total. The zero-order valence-corrected chi connectivity index (χ0v) is 10.5. The lowest BCUT2D eigenvalue weighted by molar-refractivity contribution is -0.138. The van der Waals surface area contributed by atoms with Crippen molar-refractivity contribution in [3.8, 4) is 0 Å². The van der Waals surface area contributed by atoms with Gasteiger partial charge in [-0.2, -0.15) is 0 Å². The minimum absolute atomic E-state index is 0.0852. The lowest BCUT2D eigenvalue weighted by atomic mass is 10.1. The fourth-order valence-corrected chi connectivity index (χ4v) is 2.28. The van der Waals surface area contributed by atoms with Crippen molar-refractivity contribution in [1.29, 1.82) is 0 Å². The number of carboxylic acid groups (broad SMARTS) is 1. The first-order chi connectivity index (χ1) is 7.52. The lowest BCUT2D eigenvalue weighted by Gasteiger charge is -2.29. The quantitative estimate of drug-likeness (QED) is 0.753. The van der Waals surface area contributed by atoms with Crippen LogP contribution in [-0.2, 0) is 9.53 Å². The highest BCUT2D eigenvalue weighted by Gasteiger charge is 2.25. The van der Waals surface area contributed by atoms with Crippen molar-refractivity contribution in [2.75, 3.05) is 13.1 Å². The van der Waals surface area contributed by atoms with Crippen LogP contribution in [0.15, 0.2) is 0 Å².